The van der Waals surface area contributed by atoms with Crippen LogP contribution in [0.1, 0.15) is 24.3 Å². The molecule has 0 saturated carbocycles. The lowest BCUT2D eigenvalue weighted by Gasteiger charge is -2.11. The van der Waals surface area contributed by atoms with E-state index in [9.17, 15) is 5.11 Å². The van der Waals surface area contributed by atoms with E-state index >= 15 is 0 Å². The van der Waals surface area contributed by atoms with Crippen LogP contribution in [0.2, 0.25) is 0 Å². The van der Waals surface area contributed by atoms with Gasteiger partial charge in [0.1, 0.15) is 11.9 Å². The van der Waals surface area contributed by atoms with Gasteiger partial charge >= 0.3 is 0 Å². The van der Waals surface area contributed by atoms with E-state index in [0.29, 0.717) is 17.9 Å². The summed E-state index contributed by atoms with van der Waals surface area (Å²) in [5.41, 5.74) is 7.15. The molecular weight excluding hydrogens is 206 g/mol. The minimum absolute atomic E-state index is 0.469. The number of nitrogens with two attached hydrogens (primary N) is 1. The van der Waals surface area contributed by atoms with Gasteiger partial charge in [-0.15, -0.1) is 0 Å². The molecule has 0 aliphatic rings. The first-order chi connectivity index (χ1) is 7.65. The molecule has 0 bridgehead atoms. The van der Waals surface area contributed by atoms with Crippen LogP contribution in [-0.2, 0) is 13.6 Å². The minimum Gasteiger partial charge on any atom is -0.384 e. The van der Waals surface area contributed by atoms with E-state index in [-0.39, 0.29) is 0 Å². The second-order valence-electron chi connectivity index (χ2n) is 3.58. The number of hydrogen-bond donors (Lipinski definition) is 2. The maximum absolute atomic E-state index is 10.2. The van der Waals surface area contributed by atoms with Crippen molar-refractivity contribution in [3.05, 3.63) is 29.7 Å². The van der Waals surface area contributed by atoms with Gasteiger partial charge in [-0.25, -0.2) is 0 Å². The highest BCUT2D eigenvalue weighted by Gasteiger charge is 2.19. The summed E-state index contributed by atoms with van der Waals surface area (Å²) < 4.78 is 3.27. The average molecular weight is 221 g/mol. The van der Waals surface area contributed by atoms with Crippen molar-refractivity contribution in [3.63, 3.8) is 0 Å². The molecule has 0 aliphatic carbocycles. The lowest BCUT2D eigenvalue weighted by molar-refractivity contribution is 0.208. The quantitative estimate of drug-likeness (QED) is 0.781. The van der Waals surface area contributed by atoms with Gasteiger partial charge in [-0.2, -0.15) is 10.2 Å². The Bertz CT molecular complexity index is 487. The molecule has 1 unspecified atom stereocenters. The van der Waals surface area contributed by atoms with Crippen LogP contribution in [0.5, 0.6) is 0 Å². The Morgan fingerprint density at radius 2 is 2.25 bits per heavy atom. The number of aryl methyl sites for hydroxylation is 2. The van der Waals surface area contributed by atoms with Gasteiger partial charge in [-0.05, 0) is 13.0 Å². The first-order valence-corrected chi connectivity index (χ1v) is 5.12. The Kier molecular flexibility index (Phi) is 2.66. The highest BCUT2D eigenvalue weighted by atomic mass is 16.3. The standard InChI is InChI=1S/C10H15N5O/c1-3-15-8(4-5-12-15)9(16)7-6-13-14(2)10(7)11/h4-6,9,16H,3,11H2,1-2H3. The monoisotopic (exact) mass is 221 g/mol. The molecule has 0 aromatic carbocycles. The normalized spacial score (nSPS) is 12.9. The van der Waals surface area contributed by atoms with Crippen LogP contribution in [0.15, 0.2) is 18.5 Å². The number of nitrogen functional groups attached to an aromatic ring is 1. The first-order valence-electron chi connectivity index (χ1n) is 5.12. The number of anilines is 1. The van der Waals surface area contributed by atoms with Crippen molar-refractivity contribution in [2.75, 3.05) is 5.73 Å². The average Bonchev–Trinajstić information content (AvgIpc) is 2.86. The molecule has 86 valence electrons. The number of nitrogens with zero attached hydrogens (tertiary/aromatic N) is 4. The molecule has 0 saturated heterocycles. The lowest BCUT2D eigenvalue weighted by Crippen LogP contribution is -2.10. The zero-order valence-corrected chi connectivity index (χ0v) is 9.33. The predicted molar refractivity (Wildman–Crippen MR) is 59.6 cm³/mol. The Balaban J connectivity index is 2.39. The second-order valence-corrected chi connectivity index (χ2v) is 3.58. The van der Waals surface area contributed by atoms with Crippen molar-refractivity contribution in [2.45, 2.75) is 19.6 Å². The van der Waals surface area contributed by atoms with E-state index in [4.69, 9.17) is 5.73 Å². The molecule has 6 nitrogen and oxygen atoms in total. The third kappa shape index (κ3) is 1.57. The maximum atomic E-state index is 10.2. The first kappa shape index (κ1) is 10.7. The van der Waals surface area contributed by atoms with Crippen molar-refractivity contribution < 1.29 is 5.11 Å². The third-order valence-corrected chi connectivity index (χ3v) is 2.64. The van der Waals surface area contributed by atoms with Gasteiger partial charge in [-0.1, -0.05) is 0 Å². The summed E-state index contributed by atoms with van der Waals surface area (Å²) in [6, 6.07) is 1.78. The summed E-state index contributed by atoms with van der Waals surface area (Å²) in [5, 5.41) is 18.3. The summed E-state index contributed by atoms with van der Waals surface area (Å²) >= 11 is 0. The van der Waals surface area contributed by atoms with E-state index in [1.165, 1.54) is 4.68 Å². The molecule has 2 aromatic heterocycles. The van der Waals surface area contributed by atoms with Crippen molar-refractivity contribution in [1.82, 2.24) is 19.6 Å². The maximum Gasteiger partial charge on any atom is 0.127 e. The van der Waals surface area contributed by atoms with Gasteiger partial charge in [0.2, 0.25) is 0 Å². The molecule has 16 heavy (non-hydrogen) atoms. The lowest BCUT2D eigenvalue weighted by atomic mass is 10.1. The van der Waals surface area contributed by atoms with Gasteiger partial charge in [0.25, 0.3) is 0 Å². The van der Waals surface area contributed by atoms with Crippen LogP contribution < -0.4 is 5.73 Å². The van der Waals surface area contributed by atoms with Crippen LogP contribution in [0.3, 0.4) is 0 Å². The van der Waals surface area contributed by atoms with Crippen LogP contribution in [0, 0.1) is 0 Å². The molecule has 0 radical (unpaired) electrons. The summed E-state index contributed by atoms with van der Waals surface area (Å²) in [4.78, 5) is 0. The zero-order chi connectivity index (χ0) is 11.7. The Morgan fingerprint density at radius 1 is 1.50 bits per heavy atom. The topological polar surface area (TPSA) is 81.9 Å². The number of aliphatic hydroxyl groups is 1. The van der Waals surface area contributed by atoms with Crippen molar-refractivity contribution >= 4 is 5.82 Å². The van der Waals surface area contributed by atoms with E-state index < -0.39 is 6.10 Å². The van der Waals surface area contributed by atoms with Crippen LogP contribution in [-0.4, -0.2) is 24.7 Å². The van der Waals surface area contributed by atoms with E-state index in [1.807, 2.05) is 6.92 Å². The molecule has 0 aliphatic heterocycles. The summed E-state index contributed by atoms with van der Waals surface area (Å²) in [6.45, 7) is 2.68. The predicted octanol–water partition coefficient (Wildman–Crippen LogP) is 0.300. The van der Waals surface area contributed by atoms with E-state index in [2.05, 4.69) is 10.2 Å². The van der Waals surface area contributed by atoms with Gasteiger partial charge < -0.3 is 10.8 Å². The number of rotatable bonds is 3. The molecule has 6 heteroatoms. The van der Waals surface area contributed by atoms with E-state index in [0.717, 1.165) is 5.69 Å². The Hall–Kier alpha value is -1.82. The number of hydrogen-bond acceptors (Lipinski definition) is 4. The van der Waals surface area contributed by atoms with Gasteiger partial charge in [0.15, 0.2) is 0 Å². The highest BCUT2D eigenvalue weighted by molar-refractivity contribution is 5.42. The molecule has 2 heterocycles. The molecular formula is C10H15N5O. The molecule has 2 aromatic rings. The Labute approximate surface area is 93.3 Å². The molecule has 0 fully saturated rings. The fourth-order valence-corrected chi connectivity index (χ4v) is 1.67. The highest BCUT2D eigenvalue weighted by Crippen LogP contribution is 2.25. The second kappa shape index (κ2) is 3.97. The minimum atomic E-state index is -0.781. The van der Waals surface area contributed by atoms with Gasteiger partial charge in [0.05, 0.1) is 11.9 Å². The molecule has 2 rings (SSSR count). The van der Waals surface area contributed by atoms with Crippen LogP contribution in [0.4, 0.5) is 5.82 Å². The molecule has 0 spiro atoms. The fourth-order valence-electron chi connectivity index (χ4n) is 1.67. The van der Waals surface area contributed by atoms with Crippen LogP contribution in [0.25, 0.3) is 0 Å². The Morgan fingerprint density at radius 3 is 2.81 bits per heavy atom. The fraction of sp³-hybridized carbons (Fsp3) is 0.400. The summed E-state index contributed by atoms with van der Waals surface area (Å²) in [5.74, 6) is 0.469. The van der Waals surface area contributed by atoms with Gasteiger partial charge in [0, 0.05) is 25.4 Å². The summed E-state index contributed by atoms with van der Waals surface area (Å²) in [6.07, 6.45) is 2.46. The van der Waals surface area contributed by atoms with Crippen LogP contribution >= 0.6 is 0 Å². The summed E-state index contributed by atoms with van der Waals surface area (Å²) in [7, 11) is 1.74. The van der Waals surface area contributed by atoms with Crippen molar-refractivity contribution in [3.8, 4) is 0 Å². The largest absolute Gasteiger partial charge is 0.384 e. The zero-order valence-electron chi connectivity index (χ0n) is 9.33. The molecule has 0 amide bonds. The number of aromatic nitrogens is 4. The third-order valence-electron chi connectivity index (χ3n) is 2.64. The van der Waals surface area contributed by atoms with Crippen molar-refractivity contribution in [1.29, 1.82) is 0 Å². The molecule has 1 atom stereocenters. The van der Waals surface area contributed by atoms with Gasteiger partial charge in [-0.3, -0.25) is 9.36 Å². The van der Waals surface area contributed by atoms with E-state index in [1.54, 1.807) is 30.2 Å². The SMILES string of the molecule is CCn1nccc1C(O)c1cnn(C)c1N. The smallest absolute Gasteiger partial charge is 0.127 e. The number of aliphatic hydroxyl groups excluding tert-OH is 1. The van der Waals surface area contributed by atoms with Crippen molar-refractivity contribution in [2.24, 2.45) is 7.05 Å². The molecule has 3 N–H and O–H groups in total.